The molecule has 1 aliphatic heterocycles. The van der Waals surface area contributed by atoms with E-state index in [1.807, 2.05) is 0 Å². The Morgan fingerprint density at radius 3 is 2.31 bits per heavy atom. The van der Waals surface area contributed by atoms with E-state index in [1.165, 1.54) is 0 Å². The Kier molecular flexibility index (Phi) is 2.97. The molecule has 1 heterocycles. The molecule has 0 aliphatic carbocycles. The van der Waals surface area contributed by atoms with Crippen molar-refractivity contribution in [2.75, 3.05) is 26.3 Å². The van der Waals surface area contributed by atoms with Crippen LogP contribution >= 0.6 is 0 Å². The van der Waals surface area contributed by atoms with Crippen LogP contribution in [-0.4, -0.2) is 43.7 Å². The summed E-state index contributed by atoms with van der Waals surface area (Å²) < 4.78 is 42.7. The number of alkyl halides is 3. The van der Waals surface area contributed by atoms with Crippen LogP contribution in [0.5, 0.6) is 0 Å². The number of halogens is 3. The molecular formula is C6H8F3NO3. The minimum Gasteiger partial charge on any atom is -0.378 e. The summed E-state index contributed by atoms with van der Waals surface area (Å²) in [5.74, 6) is 0. The van der Waals surface area contributed by atoms with Crippen molar-refractivity contribution >= 4 is 6.09 Å². The second kappa shape index (κ2) is 3.82. The second-order valence-corrected chi connectivity index (χ2v) is 2.41. The van der Waals surface area contributed by atoms with Crippen LogP contribution in [0, 0.1) is 0 Å². The monoisotopic (exact) mass is 199 g/mol. The lowest BCUT2D eigenvalue weighted by Crippen LogP contribution is -2.42. The van der Waals surface area contributed by atoms with Gasteiger partial charge in [-0.15, -0.1) is 13.2 Å². The molecule has 76 valence electrons. The zero-order valence-corrected chi connectivity index (χ0v) is 6.63. The van der Waals surface area contributed by atoms with Gasteiger partial charge in [0.05, 0.1) is 13.2 Å². The molecule has 0 bridgehead atoms. The van der Waals surface area contributed by atoms with Gasteiger partial charge in [0.2, 0.25) is 0 Å². The fourth-order valence-corrected chi connectivity index (χ4v) is 0.909. The lowest BCUT2D eigenvalue weighted by atomic mass is 10.5. The summed E-state index contributed by atoms with van der Waals surface area (Å²) in [6.45, 7) is 0.754. The molecule has 0 radical (unpaired) electrons. The molecule has 1 fully saturated rings. The molecule has 1 aliphatic rings. The number of morpholine rings is 1. The van der Waals surface area contributed by atoms with Gasteiger partial charge in [-0.3, -0.25) is 0 Å². The van der Waals surface area contributed by atoms with Gasteiger partial charge in [0, 0.05) is 13.1 Å². The molecule has 1 rings (SSSR count). The molecule has 0 N–H and O–H groups in total. The molecule has 7 heteroatoms. The first-order valence-corrected chi connectivity index (χ1v) is 3.61. The van der Waals surface area contributed by atoms with Crippen LogP contribution < -0.4 is 0 Å². The van der Waals surface area contributed by atoms with E-state index in [0.29, 0.717) is 0 Å². The fourth-order valence-electron chi connectivity index (χ4n) is 0.909. The smallest absolute Gasteiger partial charge is 0.378 e. The van der Waals surface area contributed by atoms with Gasteiger partial charge in [-0.2, -0.15) is 0 Å². The standard InChI is InChI=1S/C6H8F3NO3/c7-6(8,9)13-5(11)10-1-3-12-4-2-10/h1-4H2. The Hall–Kier alpha value is -0.980. The first kappa shape index (κ1) is 10.1. The van der Waals surface area contributed by atoms with E-state index in [1.54, 1.807) is 0 Å². The third-order valence-corrected chi connectivity index (χ3v) is 1.47. The van der Waals surface area contributed by atoms with E-state index < -0.39 is 12.5 Å². The molecule has 0 aromatic carbocycles. The number of carbonyl (C=O) groups is 1. The van der Waals surface area contributed by atoms with Crippen LogP contribution in [0.25, 0.3) is 0 Å². The summed E-state index contributed by atoms with van der Waals surface area (Å²) >= 11 is 0. The highest BCUT2D eigenvalue weighted by molar-refractivity contribution is 5.67. The predicted octanol–water partition coefficient (Wildman–Crippen LogP) is 0.975. The molecular weight excluding hydrogens is 191 g/mol. The number of hydrogen-bond donors (Lipinski definition) is 0. The van der Waals surface area contributed by atoms with Gasteiger partial charge in [-0.05, 0) is 0 Å². The minimum atomic E-state index is -4.91. The van der Waals surface area contributed by atoms with E-state index in [0.717, 1.165) is 4.90 Å². The summed E-state index contributed by atoms with van der Waals surface area (Å²) in [4.78, 5) is 11.7. The van der Waals surface area contributed by atoms with Crippen molar-refractivity contribution in [2.45, 2.75) is 6.36 Å². The van der Waals surface area contributed by atoms with Crippen molar-refractivity contribution < 1.29 is 27.4 Å². The van der Waals surface area contributed by atoms with E-state index in [9.17, 15) is 18.0 Å². The SMILES string of the molecule is O=C(OC(F)(F)F)N1CCOCC1. The maximum atomic E-state index is 11.6. The van der Waals surface area contributed by atoms with Crippen LogP contribution in [0.2, 0.25) is 0 Å². The van der Waals surface area contributed by atoms with Crippen molar-refractivity contribution in [3.05, 3.63) is 0 Å². The van der Waals surface area contributed by atoms with Gasteiger partial charge in [0.15, 0.2) is 0 Å². The van der Waals surface area contributed by atoms with Crippen molar-refractivity contribution in [3.63, 3.8) is 0 Å². The van der Waals surface area contributed by atoms with Gasteiger partial charge in [0.1, 0.15) is 0 Å². The van der Waals surface area contributed by atoms with E-state index in [2.05, 4.69) is 4.74 Å². The van der Waals surface area contributed by atoms with E-state index in [4.69, 9.17) is 4.74 Å². The van der Waals surface area contributed by atoms with Gasteiger partial charge < -0.3 is 14.4 Å². The molecule has 0 aromatic heterocycles. The number of hydrogen-bond acceptors (Lipinski definition) is 3. The average molecular weight is 199 g/mol. The summed E-state index contributed by atoms with van der Waals surface area (Å²) in [6.07, 6.45) is -6.27. The number of amides is 1. The lowest BCUT2D eigenvalue weighted by molar-refractivity contribution is -0.295. The zero-order chi connectivity index (χ0) is 9.90. The summed E-state index contributed by atoms with van der Waals surface area (Å²) in [6, 6.07) is 0. The van der Waals surface area contributed by atoms with Crippen LogP contribution in [0.3, 0.4) is 0 Å². The highest BCUT2D eigenvalue weighted by atomic mass is 19.4. The molecule has 13 heavy (non-hydrogen) atoms. The number of rotatable bonds is 0. The second-order valence-electron chi connectivity index (χ2n) is 2.41. The molecule has 0 spiro atoms. The quantitative estimate of drug-likeness (QED) is 0.583. The Bertz CT molecular complexity index is 188. The molecule has 1 amide bonds. The van der Waals surface area contributed by atoms with E-state index in [-0.39, 0.29) is 26.3 Å². The maximum Gasteiger partial charge on any atom is 0.576 e. The summed E-state index contributed by atoms with van der Waals surface area (Å²) in [7, 11) is 0. The molecule has 4 nitrogen and oxygen atoms in total. The fraction of sp³-hybridized carbons (Fsp3) is 0.833. The first-order chi connectivity index (χ1) is 5.99. The van der Waals surface area contributed by atoms with Crippen LogP contribution in [0.15, 0.2) is 0 Å². The maximum absolute atomic E-state index is 11.6. The third kappa shape index (κ3) is 3.49. The number of carbonyl (C=O) groups excluding carboxylic acids is 1. The Labute approximate surface area is 72.2 Å². The van der Waals surface area contributed by atoms with Crippen molar-refractivity contribution in [3.8, 4) is 0 Å². The molecule has 0 saturated carbocycles. The Morgan fingerprint density at radius 1 is 1.31 bits per heavy atom. The lowest BCUT2D eigenvalue weighted by Gasteiger charge is -2.26. The Morgan fingerprint density at radius 2 is 1.85 bits per heavy atom. The van der Waals surface area contributed by atoms with Crippen LogP contribution in [0.4, 0.5) is 18.0 Å². The van der Waals surface area contributed by atoms with Gasteiger partial charge in [0.25, 0.3) is 0 Å². The minimum absolute atomic E-state index is 0.134. The normalized spacial score (nSPS) is 18.5. The van der Waals surface area contributed by atoms with Gasteiger partial charge in [-0.25, -0.2) is 4.79 Å². The number of ether oxygens (including phenoxy) is 2. The topological polar surface area (TPSA) is 38.8 Å². The molecule has 0 unspecified atom stereocenters. The van der Waals surface area contributed by atoms with Crippen molar-refractivity contribution in [1.82, 2.24) is 4.90 Å². The van der Waals surface area contributed by atoms with E-state index >= 15 is 0 Å². The highest BCUT2D eigenvalue weighted by Gasteiger charge is 2.36. The first-order valence-electron chi connectivity index (χ1n) is 3.61. The number of nitrogens with zero attached hydrogens (tertiary/aromatic N) is 1. The van der Waals surface area contributed by atoms with Crippen molar-refractivity contribution in [2.24, 2.45) is 0 Å². The van der Waals surface area contributed by atoms with Crippen LogP contribution in [-0.2, 0) is 9.47 Å². The summed E-state index contributed by atoms with van der Waals surface area (Å²) in [5.41, 5.74) is 0. The average Bonchev–Trinajstić information content (AvgIpc) is 2.03. The van der Waals surface area contributed by atoms with Crippen LogP contribution in [0.1, 0.15) is 0 Å². The van der Waals surface area contributed by atoms with Gasteiger partial charge >= 0.3 is 12.5 Å². The third-order valence-electron chi connectivity index (χ3n) is 1.47. The highest BCUT2D eigenvalue weighted by Crippen LogP contribution is 2.18. The zero-order valence-electron chi connectivity index (χ0n) is 6.63. The molecule has 1 saturated heterocycles. The molecule has 0 atom stereocenters. The van der Waals surface area contributed by atoms with Crippen molar-refractivity contribution in [1.29, 1.82) is 0 Å². The van der Waals surface area contributed by atoms with Gasteiger partial charge in [-0.1, -0.05) is 0 Å². The largest absolute Gasteiger partial charge is 0.576 e. The Balaban J connectivity index is 2.38. The predicted molar refractivity (Wildman–Crippen MR) is 34.9 cm³/mol. The molecule has 0 aromatic rings. The summed E-state index contributed by atoms with van der Waals surface area (Å²) in [5, 5.41) is 0.